The number of amidine groups is 1. The molecule has 0 bridgehead atoms. The Morgan fingerprint density at radius 1 is 1.35 bits per heavy atom. The molecule has 1 aromatic carbocycles. The van der Waals surface area contributed by atoms with E-state index < -0.39 is 17.8 Å². The van der Waals surface area contributed by atoms with Gasteiger partial charge in [0.1, 0.15) is 11.9 Å². The van der Waals surface area contributed by atoms with Gasteiger partial charge in [0.15, 0.2) is 5.17 Å². The van der Waals surface area contributed by atoms with Gasteiger partial charge in [-0.15, -0.1) is 0 Å². The zero-order valence-electron chi connectivity index (χ0n) is 10.9. The van der Waals surface area contributed by atoms with Gasteiger partial charge in [-0.3, -0.25) is 14.6 Å². The van der Waals surface area contributed by atoms with Crippen molar-refractivity contribution in [2.75, 3.05) is 12.3 Å². The summed E-state index contributed by atoms with van der Waals surface area (Å²) in [7, 11) is 0. The summed E-state index contributed by atoms with van der Waals surface area (Å²) < 4.78 is 12.8. The Kier molecular flexibility index (Phi) is 4.73. The SMILES string of the molecule is C[C@@H](NC(=O)c1ccc(F)cc1)C(=O)NC1=NCCS1. The summed E-state index contributed by atoms with van der Waals surface area (Å²) in [6, 6.07) is 4.43. The number of hydrogen-bond acceptors (Lipinski definition) is 4. The Labute approximate surface area is 120 Å². The van der Waals surface area contributed by atoms with Gasteiger partial charge in [-0.1, -0.05) is 11.8 Å². The quantitative estimate of drug-likeness (QED) is 0.879. The molecule has 0 spiro atoms. The van der Waals surface area contributed by atoms with Crippen molar-refractivity contribution in [2.24, 2.45) is 4.99 Å². The number of benzene rings is 1. The highest BCUT2D eigenvalue weighted by molar-refractivity contribution is 8.14. The average Bonchev–Trinajstić information content (AvgIpc) is 2.92. The van der Waals surface area contributed by atoms with Crippen LogP contribution in [0.4, 0.5) is 4.39 Å². The highest BCUT2D eigenvalue weighted by atomic mass is 32.2. The van der Waals surface area contributed by atoms with Crippen LogP contribution in [0.5, 0.6) is 0 Å². The molecule has 1 aliphatic heterocycles. The van der Waals surface area contributed by atoms with Gasteiger partial charge >= 0.3 is 0 Å². The largest absolute Gasteiger partial charge is 0.341 e. The molecule has 7 heteroatoms. The van der Waals surface area contributed by atoms with Gasteiger partial charge in [0.05, 0.1) is 6.54 Å². The van der Waals surface area contributed by atoms with E-state index in [1.807, 2.05) is 0 Å². The third kappa shape index (κ3) is 3.80. The number of nitrogens with one attached hydrogen (secondary N) is 2. The molecule has 2 N–H and O–H groups in total. The number of aliphatic imine (C=N–C) groups is 1. The lowest BCUT2D eigenvalue weighted by molar-refractivity contribution is -0.121. The molecule has 0 aromatic heterocycles. The van der Waals surface area contributed by atoms with E-state index in [0.717, 1.165) is 5.75 Å². The summed E-state index contributed by atoms with van der Waals surface area (Å²) >= 11 is 1.47. The smallest absolute Gasteiger partial charge is 0.251 e. The molecular formula is C13H14FN3O2S. The number of amides is 2. The monoisotopic (exact) mass is 295 g/mol. The lowest BCUT2D eigenvalue weighted by Gasteiger charge is -2.13. The van der Waals surface area contributed by atoms with E-state index in [1.165, 1.54) is 36.0 Å². The number of thioether (sulfide) groups is 1. The first-order valence-corrected chi connectivity index (χ1v) is 7.09. The fraction of sp³-hybridized carbons (Fsp3) is 0.308. The molecule has 0 radical (unpaired) electrons. The molecule has 0 saturated heterocycles. The summed E-state index contributed by atoms with van der Waals surface area (Å²) in [5, 5.41) is 5.78. The molecular weight excluding hydrogens is 281 g/mol. The molecule has 2 amide bonds. The van der Waals surface area contributed by atoms with Crippen molar-refractivity contribution in [1.82, 2.24) is 10.6 Å². The fourth-order valence-electron chi connectivity index (χ4n) is 1.57. The Bertz CT molecular complexity index is 545. The Balaban J connectivity index is 1.89. The van der Waals surface area contributed by atoms with Crippen LogP contribution in [0.3, 0.4) is 0 Å². The second kappa shape index (κ2) is 6.51. The fourth-order valence-corrected chi connectivity index (χ4v) is 2.30. The average molecular weight is 295 g/mol. The zero-order chi connectivity index (χ0) is 14.5. The summed E-state index contributed by atoms with van der Waals surface area (Å²) in [6.07, 6.45) is 0. The highest BCUT2D eigenvalue weighted by Crippen LogP contribution is 2.09. The van der Waals surface area contributed by atoms with Gasteiger partial charge in [-0.05, 0) is 31.2 Å². The van der Waals surface area contributed by atoms with E-state index >= 15 is 0 Å². The van der Waals surface area contributed by atoms with Gasteiger partial charge < -0.3 is 10.6 Å². The first-order valence-electron chi connectivity index (χ1n) is 6.11. The van der Waals surface area contributed by atoms with E-state index in [2.05, 4.69) is 15.6 Å². The van der Waals surface area contributed by atoms with Crippen LogP contribution in [0.1, 0.15) is 17.3 Å². The molecule has 0 saturated carbocycles. The van der Waals surface area contributed by atoms with Crippen LogP contribution in [0.2, 0.25) is 0 Å². The molecule has 0 unspecified atom stereocenters. The van der Waals surface area contributed by atoms with Crippen LogP contribution >= 0.6 is 11.8 Å². The lowest BCUT2D eigenvalue weighted by atomic mass is 10.2. The lowest BCUT2D eigenvalue weighted by Crippen LogP contribution is -2.45. The Hall–Kier alpha value is -1.89. The van der Waals surface area contributed by atoms with E-state index in [9.17, 15) is 14.0 Å². The highest BCUT2D eigenvalue weighted by Gasteiger charge is 2.19. The van der Waals surface area contributed by atoms with Crippen molar-refractivity contribution in [2.45, 2.75) is 13.0 Å². The maximum atomic E-state index is 12.8. The molecule has 0 fully saturated rings. The van der Waals surface area contributed by atoms with Gasteiger partial charge in [0.2, 0.25) is 5.91 Å². The van der Waals surface area contributed by atoms with Crippen molar-refractivity contribution in [3.63, 3.8) is 0 Å². The van der Waals surface area contributed by atoms with Crippen LogP contribution in [-0.4, -0.2) is 35.3 Å². The van der Waals surface area contributed by atoms with Crippen LogP contribution in [-0.2, 0) is 4.79 Å². The third-order valence-electron chi connectivity index (χ3n) is 2.66. The van der Waals surface area contributed by atoms with Crippen molar-refractivity contribution < 1.29 is 14.0 Å². The standard InChI is InChI=1S/C13H14FN3O2S/c1-8(11(18)17-13-15-6-7-20-13)16-12(19)9-2-4-10(14)5-3-9/h2-5,8H,6-7H2,1H3,(H,16,19)(H,15,17,18)/t8-/m1/s1. The van der Waals surface area contributed by atoms with E-state index in [4.69, 9.17) is 0 Å². The summed E-state index contributed by atoms with van der Waals surface area (Å²) in [6.45, 7) is 2.27. The predicted octanol–water partition coefficient (Wildman–Crippen LogP) is 1.16. The van der Waals surface area contributed by atoms with Crippen molar-refractivity contribution in [3.05, 3.63) is 35.6 Å². The third-order valence-corrected chi connectivity index (χ3v) is 3.55. The molecule has 1 aromatic rings. The molecule has 1 atom stereocenters. The molecule has 2 rings (SSSR count). The number of hydrogen-bond donors (Lipinski definition) is 2. The van der Waals surface area contributed by atoms with Gasteiger partial charge in [0, 0.05) is 11.3 Å². The second-order valence-corrected chi connectivity index (χ2v) is 5.31. The number of carbonyl (C=O) groups is 2. The molecule has 106 valence electrons. The van der Waals surface area contributed by atoms with Gasteiger partial charge in [0.25, 0.3) is 5.91 Å². The summed E-state index contributed by atoms with van der Waals surface area (Å²) in [5.41, 5.74) is 0.304. The predicted molar refractivity (Wildman–Crippen MR) is 76.2 cm³/mol. The first-order chi connectivity index (χ1) is 9.56. The Morgan fingerprint density at radius 3 is 2.65 bits per heavy atom. The number of carbonyl (C=O) groups excluding carboxylic acids is 2. The molecule has 5 nitrogen and oxygen atoms in total. The van der Waals surface area contributed by atoms with Gasteiger partial charge in [-0.2, -0.15) is 0 Å². The number of halogens is 1. The van der Waals surface area contributed by atoms with E-state index in [-0.39, 0.29) is 5.91 Å². The molecule has 0 aliphatic carbocycles. The molecule has 1 aliphatic rings. The van der Waals surface area contributed by atoms with Crippen molar-refractivity contribution in [1.29, 1.82) is 0 Å². The van der Waals surface area contributed by atoms with Crippen molar-refractivity contribution >= 4 is 28.7 Å². The number of nitrogens with zero attached hydrogens (tertiary/aromatic N) is 1. The van der Waals surface area contributed by atoms with E-state index in [1.54, 1.807) is 6.92 Å². The van der Waals surface area contributed by atoms with Crippen LogP contribution in [0.25, 0.3) is 0 Å². The van der Waals surface area contributed by atoms with Crippen LogP contribution < -0.4 is 10.6 Å². The van der Waals surface area contributed by atoms with Crippen LogP contribution in [0, 0.1) is 5.82 Å². The normalized spacial score (nSPS) is 15.4. The topological polar surface area (TPSA) is 70.6 Å². The number of rotatable bonds is 3. The molecule has 1 heterocycles. The van der Waals surface area contributed by atoms with E-state index in [0.29, 0.717) is 17.3 Å². The van der Waals surface area contributed by atoms with Gasteiger partial charge in [-0.25, -0.2) is 4.39 Å². The zero-order valence-corrected chi connectivity index (χ0v) is 11.7. The van der Waals surface area contributed by atoms with Crippen molar-refractivity contribution in [3.8, 4) is 0 Å². The van der Waals surface area contributed by atoms with Crippen LogP contribution in [0.15, 0.2) is 29.3 Å². The second-order valence-electron chi connectivity index (χ2n) is 4.23. The maximum Gasteiger partial charge on any atom is 0.251 e. The minimum absolute atomic E-state index is 0.304. The Morgan fingerprint density at radius 2 is 2.05 bits per heavy atom. The maximum absolute atomic E-state index is 12.8. The minimum atomic E-state index is -0.698. The molecule has 20 heavy (non-hydrogen) atoms. The minimum Gasteiger partial charge on any atom is -0.341 e. The summed E-state index contributed by atoms with van der Waals surface area (Å²) in [4.78, 5) is 27.8. The first kappa shape index (κ1) is 14.5. The summed E-state index contributed by atoms with van der Waals surface area (Å²) in [5.74, 6) is -0.308.